The average Bonchev–Trinajstić information content (AvgIpc) is 3.22. The van der Waals surface area contributed by atoms with Gasteiger partial charge in [0.2, 0.25) is 0 Å². The number of fused-ring (bicyclic) bond motifs is 1. The van der Waals surface area contributed by atoms with Gasteiger partial charge in [0.1, 0.15) is 11.5 Å². The molecule has 1 unspecified atom stereocenters. The first-order chi connectivity index (χ1) is 13.7. The molecule has 0 aromatic heterocycles. The molecule has 1 atom stereocenters. The van der Waals surface area contributed by atoms with Gasteiger partial charge in [-0.05, 0) is 17.5 Å². The fraction of sp³-hybridized carbons (Fsp3) is 0.227. The lowest BCUT2D eigenvalue weighted by atomic mass is 9.95. The van der Waals surface area contributed by atoms with Gasteiger partial charge < -0.3 is 24.7 Å². The number of methoxy groups -OCH3 is 3. The zero-order chi connectivity index (χ0) is 19.7. The predicted molar refractivity (Wildman–Crippen MR) is 109 cm³/mol. The molecule has 0 aliphatic carbocycles. The van der Waals surface area contributed by atoms with Crippen molar-refractivity contribution in [3.8, 4) is 23.0 Å². The Morgan fingerprint density at radius 2 is 1.64 bits per heavy atom. The van der Waals surface area contributed by atoms with Gasteiger partial charge in [0.05, 0.1) is 33.1 Å². The highest BCUT2D eigenvalue weighted by atomic mass is 16.5. The minimum Gasteiger partial charge on any atom is -0.507 e. The summed E-state index contributed by atoms with van der Waals surface area (Å²) in [6, 6.07) is 15.3. The van der Waals surface area contributed by atoms with E-state index in [-0.39, 0.29) is 11.8 Å². The zero-order valence-corrected chi connectivity index (χ0v) is 16.0. The van der Waals surface area contributed by atoms with Crippen molar-refractivity contribution < 1.29 is 19.3 Å². The zero-order valence-electron chi connectivity index (χ0n) is 16.0. The lowest BCUT2D eigenvalue weighted by Crippen LogP contribution is -2.12. The molecule has 3 aromatic rings. The monoisotopic (exact) mass is 378 g/mol. The summed E-state index contributed by atoms with van der Waals surface area (Å²) >= 11 is 0. The van der Waals surface area contributed by atoms with E-state index in [0.29, 0.717) is 23.7 Å². The van der Waals surface area contributed by atoms with Crippen LogP contribution in [0.4, 0.5) is 0 Å². The largest absolute Gasteiger partial charge is 0.507 e. The van der Waals surface area contributed by atoms with E-state index in [0.717, 1.165) is 27.6 Å². The maximum Gasteiger partial charge on any atom is 0.164 e. The third-order valence-electron chi connectivity index (χ3n) is 5.08. The first-order valence-electron chi connectivity index (χ1n) is 8.99. The molecule has 2 N–H and O–H groups in total. The molecule has 0 radical (unpaired) electrons. The van der Waals surface area contributed by atoms with Crippen molar-refractivity contribution in [2.45, 2.75) is 12.5 Å². The standard InChI is InChI=1S/C22H22N2O4/c1-26-19-12-21(28-3)20(27-2)10-16(19)18-11-17(23-24-18)15-9-8-13-6-4-5-7-14(13)22(15)25/h4-10,12,18,24-25H,11H2,1-3H3. The van der Waals surface area contributed by atoms with Crippen LogP contribution in [0.3, 0.4) is 0 Å². The Labute approximate surface area is 163 Å². The number of hydrogen-bond acceptors (Lipinski definition) is 6. The van der Waals surface area contributed by atoms with Crippen LogP contribution in [0.5, 0.6) is 23.0 Å². The first kappa shape index (κ1) is 18.0. The minimum atomic E-state index is -0.101. The van der Waals surface area contributed by atoms with Gasteiger partial charge in [-0.15, -0.1) is 0 Å². The molecule has 0 spiro atoms. The third-order valence-corrected chi connectivity index (χ3v) is 5.08. The van der Waals surface area contributed by atoms with Gasteiger partial charge in [0.15, 0.2) is 11.5 Å². The Balaban J connectivity index is 1.67. The summed E-state index contributed by atoms with van der Waals surface area (Å²) in [5.74, 6) is 2.17. The second-order valence-corrected chi connectivity index (χ2v) is 6.58. The van der Waals surface area contributed by atoms with Crippen LogP contribution in [0, 0.1) is 0 Å². The molecular weight excluding hydrogens is 356 g/mol. The molecule has 6 nitrogen and oxygen atoms in total. The van der Waals surface area contributed by atoms with Gasteiger partial charge in [-0.1, -0.05) is 30.3 Å². The van der Waals surface area contributed by atoms with Gasteiger partial charge in [0.25, 0.3) is 0 Å². The van der Waals surface area contributed by atoms with E-state index in [9.17, 15) is 5.11 Å². The number of nitrogens with one attached hydrogen (secondary N) is 1. The summed E-state index contributed by atoms with van der Waals surface area (Å²) in [5, 5.41) is 17.0. The number of aromatic hydroxyl groups is 1. The Hall–Kier alpha value is -3.41. The van der Waals surface area contributed by atoms with E-state index in [1.807, 2.05) is 42.5 Å². The van der Waals surface area contributed by atoms with Crippen LogP contribution in [0.15, 0.2) is 53.6 Å². The van der Waals surface area contributed by atoms with Crippen molar-refractivity contribution in [2.24, 2.45) is 5.10 Å². The average molecular weight is 378 g/mol. The van der Waals surface area contributed by atoms with Crippen molar-refractivity contribution in [1.29, 1.82) is 0 Å². The lowest BCUT2D eigenvalue weighted by molar-refractivity contribution is 0.345. The van der Waals surface area contributed by atoms with Gasteiger partial charge in [-0.2, -0.15) is 5.10 Å². The van der Waals surface area contributed by atoms with Gasteiger partial charge in [-0.25, -0.2) is 0 Å². The number of hydrazone groups is 1. The molecular formula is C22H22N2O4. The number of nitrogens with zero attached hydrogens (tertiary/aromatic N) is 1. The summed E-state index contributed by atoms with van der Waals surface area (Å²) in [6.45, 7) is 0. The van der Waals surface area contributed by atoms with E-state index in [1.54, 1.807) is 27.4 Å². The number of benzene rings is 3. The predicted octanol–water partition coefficient (Wildman–Crippen LogP) is 4.01. The number of hydrogen-bond donors (Lipinski definition) is 2. The summed E-state index contributed by atoms with van der Waals surface area (Å²) in [4.78, 5) is 0. The molecule has 1 aliphatic rings. The molecule has 1 aliphatic heterocycles. The molecule has 0 amide bonds. The molecule has 3 aromatic carbocycles. The Kier molecular flexibility index (Phi) is 4.69. The second kappa shape index (κ2) is 7.31. The molecule has 0 fully saturated rings. The van der Waals surface area contributed by atoms with Crippen LogP contribution < -0.4 is 19.6 Å². The third kappa shape index (κ3) is 2.97. The van der Waals surface area contributed by atoms with Crippen molar-refractivity contribution in [2.75, 3.05) is 21.3 Å². The second-order valence-electron chi connectivity index (χ2n) is 6.58. The summed E-state index contributed by atoms with van der Waals surface area (Å²) < 4.78 is 16.3. The van der Waals surface area contributed by atoms with Crippen LogP contribution in [0.1, 0.15) is 23.6 Å². The molecule has 0 bridgehead atoms. The molecule has 144 valence electrons. The van der Waals surface area contributed by atoms with E-state index in [2.05, 4.69) is 10.5 Å². The summed E-state index contributed by atoms with van der Waals surface area (Å²) in [7, 11) is 4.82. The number of phenolic OH excluding ortho intramolecular Hbond substituents is 1. The van der Waals surface area contributed by atoms with E-state index in [1.165, 1.54) is 0 Å². The van der Waals surface area contributed by atoms with E-state index < -0.39 is 0 Å². The highest BCUT2D eigenvalue weighted by molar-refractivity contribution is 6.08. The van der Waals surface area contributed by atoms with Crippen LogP contribution in [-0.4, -0.2) is 32.1 Å². The fourth-order valence-electron chi connectivity index (χ4n) is 3.60. The maximum atomic E-state index is 10.7. The Bertz CT molecular complexity index is 1060. The number of ether oxygens (including phenoxy) is 3. The molecule has 6 heteroatoms. The van der Waals surface area contributed by atoms with Crippen LogP contribution in [-0.2, 0) is 0 Å². The van der Waals surface area contributed by atoms with Crippen LogP contribution in [0.2, 0.25) is 0 Å². The number of rotatable bonds is 5. The first-order valence-corrected chi connectivity index (χ1v) is 8.99. The number of phenols is 1. The summed E-state index contributed by atoms with van der Waals surface area (Å²) in [5.41, 5.74) is 5.60. The van der Waals surface area contributed by atoms with Crippen LogP contribution in [0.25, 0.3) is 10.8 Å². The van der Waals surface area contributed by atoms with Crippen LogP contribution >= 0.6 is 0 Å². The van der Waals surface area contributed by atoms with Crippen molar-refractivity contribution >= 4 is 16.5 Å². The topological polar surface area (TPSA) is 72.3 Å². The molecule has 4 rings (SSSR count). The smallest absolute Gasteiger partial charge is 0.164 e. The maximum absolute atomic E-state index is 10.7. The molecule has 0 saturated carbocycles. The van der Waals surface area contributed by atoms with E-state index in [4.69, 9.17) is 14.2 Å². The minimum absolute atomic E-state index is 0.101. The SMILES string of the molecule is COc1cc(OC)c(C2CC(c3ccc4ccccc4c3O)=NN2)cc1OC. The van der Waals surface area contributed by atoms with Crippen molar-refractivity contribution in [1.82, 2.24) is 5.43 Å². The lowest BCUT2D eigenvalue weighted by Gasteiger charge is -2.18. The van der Waals surface area contributed by atoms with E-state index >= 15 is 0 Å². The fourth-order valence-corrected chi connectivity index (χ4v) is 3.60. The van der Waals surface area contributed by atoms with Gasteiger partial charge >= 0.3 is 0 Å². The Morgan fingerprint density at radius 1 is 0.929 bits per heavy atom. The molecule has 1 heterocycles. The van der Waals surface area contributed by atoms with Crippen molar-refractivity contribution in [3.63, 3.8) is 0 Å². The summed E-state index contributed by atoms with van der Waals surface area (Å²) in [6.07, 6.45) is 0.609. The van der Waals surface area contributed by atoms with Gasteiger partial charge in [-0.3, -0.25) is 0 Å². The van der Waals surface area contributed by atoms with Gasteiger partial charge in [0, 0.05) is 29.0 Å². The molecule has 0 saturated heterocycles. The quantitative estimate of drug-likeness (QED) is 0.702. The highest BCUT2D eigenvalue weighted by Gasteiger charge is 2.27. The normalized spacial score (nSPS) is 15.8. The molecule has 28 heavy (non-hydrogen) atoms. The Morgan fingerprint density at radius 3 is 2.39 bits per heavy atom. The van der Waals surface area contributed by atoms with Crippen molar-refractivity contribution in [3.05, 3.63) is 59.7 Å². The highest BCUT2D eigenvalue weighted by Crippen LogP contribution is 2.40.